The van der Waals surface area contributed by atoms with Crippen molar-refractivity contribution in [3.05, 3.63) is 29.1 Å². The zero-order chi connectivity index (χ0) is 13.9. The molecule has 0 amide bonds. The van der Waals surface area contributed by atoms with Crippen molar-refractivity contribution in [3.8, 4) is 0 Å². The summed E-state index contributed by atoms with van der Waals surface area (Å²) in [7, 11) is -3.64. The van der Waals surface area contributed by atoms with Crippen molar-refractivity contribution in [2.24, 2.45) is 5.73 Å². The van der Waals surface area contributed by atoms with Crippen molar-refractivity contribution in [1.82, 2.24) is 4.72 Å². The van der Waals surface area contributed by atoms with Gasteiger partial charge >= 0.3 is 0 Å². The highest BCUT2D eigenvalue weighted by Crippen LogP contribution is 2.21. The SMILES string of the molecule is CCC(N)CNS(=O)(=O)c1c(C)cc(F)cc1C. The lowest BCUT2D eigenvalue weighted by Gasteiger charge is -2.14. The Kier molecular flexibility index (Phi) is 4.84. The van der Waals surface area contributed by atoms with Gasteiger partial charge < -0.3 is 5.73 Å². The Morgan fingerprint density at radius 3 is 2.28 bits per heavy atom. The number of rotatable bonds is 5. The van der Waals surface area contributed by atoms with Crippen LogP contribution in [0, 0.1) is 19.7 Å². The Labute approximate surface area is 107 Å². The van der Waals surface area contributed by atoms with Gasteiger partial charge in [0, 0.05) is 12.6 Å². The number of aryl methyl sites for hydroxylation is 2. The lowest BCUT2D eigenvalue weighted by molar-refractivity contribution is 0.562. The topological polar surface area (TPSA) is 72.2 Å². The summed E-state index contributed by atoms with van der Waals surface area (Å²) in [4.78, 5) is 0.132. The van der Waals surface area contributed by atoms with E-state index < -0.39 is 15.8 Å². The quantitative estimate of drug-likeness (QED) is 0.853. The fraction of sp³-hybridized carbons (Fsp3) is 0.500. The van der Waals surface area contributed by atoms with Crippen molar-refractivity contribution >= 4 is 10.0 Å². The Hall–Kier alpha value is -0.980. The van der Waals surface area contributed by atoms with Crippen LogP contribution in [0.5, 0.6) is 0 Å². The monoisotopic (exact) mass is 274 g/mol. The van der Waals surface area contributed by atoms with Gasteiger partial charge in [0.25, 0.3) is 0 Å². The van der Waals surface area contributed by atoms with Crippen LogP contribution in [0.1, 0.15) is 24.5 Å². The van der Waals surface area contributed by atoms with Gasteiger partial charge in [-0.05, 0) is 43.5 Å². The lowest BCUT2D eigenvalue weighted by atomic mass is 10.1. The zero-order valence-corrected chi connectivity index (χ0v) is 11.6. The fourth-order valence-corrected chi connectivity index (χ4v) is 3.30. The maximum absolute atomic E-state index is 13.1. The summed E-state index contributed by atoms with van der Waals surface area (Å²) in [6.45, 7) is 5.21. The highest BCUT2D eigenvalue weighted by molar-refractivity contribution is 7.89. The number of hydrogen-bond acceptors (Lipinski definition) is 3. The molecule has 0 spiro atoms. The molecule has 6 heteroatoms. The number of nitrogens with two attached hydrogens (primary N) is 1. The first-order valence-electron chi connectivity index (χ1n) is 5.80. The summed E-state index contributed by atoms with van der Waals surface area (Å²) in [6.07, 6.45) is 0.684. The van der Waals surface area contributed by atoms with E-state index in [1.165, 1.54) is 12.1 Å². The van der Waals surface area contributed by atoms with Crippen LogP contribution in [0.4, 0.5) is 4.39 Å². The van der Waals surface area contributed by atoms with E-state index in [1.807, 2.05) is 6.92 Å². The van der Waals surface area contributed by atoms with Crippen LogP contribution >= 0.6 is 0 Å². The molecule has 1 atom stereocenters. The van der Waals surface area contributed by atoms with Gasteiger partial charge in [-0.1, -0.05) is 6.92 Å². The molecule has 1 aromatic rings. The van der Waals surface area contributed by atoms with E-state index in [4.69, 9.17) is 5.73 Å². The third-order valence-corrected chi connectivity index (χ3v) is 4.48. The minimum absolute atomic E-state index is 0.132. The molecule has 0 aromatic heterocycles. The number of hydrogen-bond donors (Lipinski definition) is 2. The molecule has 18 heavy (non-hydrogen) atoms. The number of sulfonamides is 1. The molecular weight excluding hydrogens is 255 g/mol. The largest absolute Gasteiger partial charge is 0.327 e. The van der Waals surface area contributed by atoms with Crippen LogP contribution in [0.25, 0.3) is 0 Å². The number of nitrogens with one attached hydrogen (secondary N) is 1. The summed E-state index contributed by atoms with van der Waals surface area (Å²) in [6, 6.07) is 2.20. The minimum Gasteiger partial charge on any atom is -0.327 e. The molecule has 0 aliphatic carbocycles. The Balaban J connectivity index is 3.06. The van der Waals surface area contributed by atoms with Crippen LogP contribution in [0.2, 0.25) is 0 Å². The Morgan fingerprint density at radius 1 is 1.33 bits per heavy atom. The van der Waals surface area contributed by atoms with E-state index in [0.29, 0.717) is 17.5 Å². The van der Waals surface area contributed by atoms with Crippen LogP contribution in [0.15, 0.2) is 17.0 Å². The first-order chi connectivity index (χ1) is 8.27. The second-order valence-corrected chi connectivity index (χ2v) is 6.09. The molecule has 1 rings (SSSR count). The van der Waals surface area contributed by atoms with Gasteiger partial charge in [-0.15, -0.1) is 0 Å². The van der Waals surface area contributed by atoms with Gasteiger partial charge in [-0.3, -0.25) is 0 Å². The number of benzene rings is 1. The van der Waals surface area contributed by atoms with Crippen LogP contribution in [-0.2, 0) is 10.0 Å². The van der Waals surface area contributed by atoms with Crippen LogP contribution < -0.4 is 10.5 Å². The molecule has 0 radical (unpaired) electrons. The molecule has 3 N–H and O–H groups in total. The molecule has 102 valence electrons. The van der Waals surface area contributed by atoms with Gasteiger partial charge in [-0.25, -0.2) is 17.5 Å². The van der Waals surface area contributed by atoms with Crippen molar-refractivity contribution in [3.63, 3.8) is 0 Å². The van der Waals surface area contributed by atoms with E-state index in [-0.39, 0.29) is 17.5 Å². The molecule has 0 saturated carbocycles. The van der Waals surface area contributed by atoms with Gasteiger partial charge in [0.05, 0.1) is 4.90 Å². The molecule has 4 nitrogen and oxygen atoms in total. The Bertz CT molecular complexity index is 506. The maximum Gasteiger partial charge on any atom is 0.241 e. The molecule has 1 aromatic carbocycles. The van der Waals surface area contributed by atoms with Crippen molar-refractivity contribution in [2.75, 3.05) is 6.54 Å². The van der Waals surface area contributed by atoms with Crippen molar-refractivity contribution in [2.45, 2.75) is 38.1 Å². The van der Waals surface area contributed by atoms with Crippen LogP contribution in [0.3, 0.4) is 0 Å². The molecule has 0 fully saturated rings. The predicted octanol–water partition coefficient (Wildman–Crippen LogP) is 1.46. The van der Waals surface area contributed by atoms with Crippen molar-refractivity contribution in [1.29, 1.82) is 0 Å². The van der Waals surface area contributed by atoms with E-state index >= 15 is 0 Å². The standard InChI is InChI=1S/C12H19FN2O2S/c1-4-11(14)7-15-18(16,17)12-8(2)5-10(13)6-9(12)3/h5-6,11,15H,4,7,14H2,1-3H3. The highest BCUT2D eigenvalue weighted by atomic mass is 32.2. The fourth-order valence-electron chi connectivity index (χ4n) is 1.75. The average molecular weight is 274 g/mol. The van der Waals surface area contributed by atoms with Gasteiger partial charge in [0.2, 0.25) is 10.0 Å². The smallest absolute Gasteiger partial charge is 0.241 e. The summed E-state index contributed by atoms with van der Waals surface area (Å²) in [5, 5.41) is 0. The van der Waals surface area contributed by atoms with E-state index in [2.05, 4.69) is 4.72 Å². The molecule has 0 heterocycles. The zero-order valence-electron chi connectivity index (χ0n) is 10.8. The molecule has 0 bridgehead atoms. The number of halogens is 1. The van der Waals surface area contributed by atoms with Crippen molar-refractivity contribution < 1.29 is 12.8 Å². The third-order valence-electron chi connectivity index (χ3n) is 2.75. The summed E-state index contributed by atoms with van der Waals surface area (Å²) in [5.74, 6) is -0.436. The molecule has 0 aliphatic rings. The summed E-state index contributed by atoms with van der Waals surface area (Å²) >= 11 is 0. The molecule has 0 saturated heterocycles. The first-order valence-corrected chi connectivity index (χ1v) is 7.28. The third kappa shape index (κ3) is 3.51. The van der Waals surface area contributed by atoms with E-state index in [1.54, 1.807) is 13.8 Å². The summed E-state index contributed by atoms with van der Waals surface area (Å²) < 4.78 is 39.8. The highest BCUT2D eigenvalue weighted by Gasteiger charge is 2.20. The molecule has 0 aliphatic heterocycles. The first kappa shape index (κ1) is 15.1. The van der Waals surface area contributed by atoms with Gasteiger partial charge in [-0.2, -0.15) is 0 Å². The lowest BCUT2D eigenvalue weighted by Crippen LogP contribution is -2.37. The van der Waals surface area contributed by atoms with E-state index in [0.717, 1.165) is 0 Å². The average Bonchev–Trinajstić information content (AvgIpc) is 2.24. The molecule has 1 unspecified atom stereocenters. The van der Waals surface area contributed by atoms with Gasteiger partial charge in [0.1, 0.15) is 5.82 Å². The second kappa shape index (κ2) is 5.77. The minimum atomic E-state index is -3.64. The van der Waals surface area contributed by atoms with Crippen LogP contribution in [-0.4, -0.2) is 21.0 Å². The van der Waals surface area contributed by atoms with E-state index in [9.17, 15) is 12.8 Å². The Morgan fingerprint density at radius 2 is 1.83 bits per heavy atom. The maximum atomic E-state index is 13.1. The van der Waals surface area contributed by atoms with Gasteiger partial charge in [0.15, 0.2) is 0 Å². The summed E-state index contributed by atoms with van der Waals surface area (Å²) in [5.41, 5.74) is 6.46. The second-order valence-electron chi connectivity index (χ2n) is 4.39. The predicted molar refractivity (Wildman–Crippen MR) is 69.3 cm³/mol. The normalized spacial score (nSPS) is 13.6. The molecular formula is C12H19FN2O2S.